The minimum absolute atomic E-state index is 0.0923. The highest BCUT2D eigenvalue weighted by Gasteiger charge is 2.34. The highest BCUT2D eigenvalue weighted by atomic mass is 16.6. The van der Waals surface area contributed by atoms with Gasteiger partial charge in [-0.2, -0.15) is 0 Å². The Kier molecular flexibility index (Phi) is 12.1. The van der Waals surface area contributed by atoms with E-state index in [1.54, 1.807) is 32.1 Å². The minimum atomic E-state index is -0.992. The first-order chi connectivity index (χ1) is 20.4. The Morgan fingerprint density at radius 1 is 1.14 bits per heavy atom. The number of primary amides is 1. The number of hydrogen-bond acceptors (Lipinski definition) is 9. The van der Waals surface area contributed by atoms with Crippen LogP contribution >= 0.6 is 0 Å². The number of nitrogens with one attached hydrogen (secondary N) is 2. The van der Waals surface area contributed by atoms with E-state index in [1.165, 1.54) is 26.4 Å². The standard InChI is InChI=1S/C32H45N3O8/c1-17-12-22-27(34-16-21-10-11-21)24(36)15-23(29(22)38)35-31(39)18(2)8-7-9-25(41-5)30(43-32(33)40)20(4)14-19(3)28(37)26(13-17)42-6/h7-9,14-15,17,19,21,25-26,28,30,34,37H,10-13,16H2,1-6H3,(H2,33,40)(H,35,39)/b9-7-,18-8-,20-14-/t17-,19+,25+,26+,28-,30+/m1/s1. The summed E-state index contributed by atoms with van der Waals surface area (Å²) in [6, 6.07) is 0. The van der Waals surface area contributed by atoms with E-state index in [-0.39, 0.29) is 35.1 Å². The van der Waals surface area contributed by atoms with Gasteiger partial charge < -0.3 is 35.7 Å². The van der Waals surface area contributed by atoms with E-state index in [4.69, 9.17) is 19.9 Å². The second-order valence-corrected chi connectivity index (χ2v) is 11.8. The number of Topliss-reactive ketones (excluding diaryl/α,β-unsaturated/α-hetero) is 1. The van der Waals surface area contributed by atoms with Crippen molar-refractivity contribution in [1.29, 1.82) is 0 Å². The van der Waals surface area contributed by atoms with Gasteiger partial charge in [0.25, 0.3) is 5.91 Å². The highest BCUT2D eigenvalue weighted by Crippen LogP contribution is 2.31. The molecule has 0 saturated heterocycles. The zero-order valence-corrected chi connectivity index (χ0v) is 25.8. The molecule has 11 heteroatoms. The lowest BCUT2D eigenvalue weighted by Crippen LogP contribution is -2.38. The lowest BCUT2D eigenvalue weighted by atomic mass is 9.85. The first-order valence-corrected chi connectivity index (χ1v) is 14.7. The van der Waals surface area contributed by atoms with Gasteiger partial charge in [0.05, 0.1) is 23.6 Å². The average molecular weight is 600 g/mol. The quantitative estimate of drug-likeness (QED) is 0.265. The number of fused-ring (bicyclic) bond motifs is 2. The number of carbonyl (C=O) groups is 4. The Hall–Kier alpha value is -3.54. The van der Waals surface area contributed by atoms with Crippen LogP contribution in [0.5, 0.6) is 0 Å². The van der Waals surface area contributed by atoms with Crippen molar-refractivity contribution in [3.63, 3.8) is 0 Å². The Labute approximate surface area is 253 Å². The van der Waals surface area contributed by atoms with Gasteiger partial charge in [-0.05, 0) is 56.9 Å². The van der Waals surface area contributed by atoms with E-state index >= 15 is 0 Å². The number of aliphatic hydroxyl groups is 1. The van der Waals surface area contributed by atoms with Crippen LogP contribution in [0.2, 0.25) is 0 Å². The number of amides is 2. The summed E-state index contributed by atoms with van der Waals surface area (Å²) in [4.78, 5) is 51.6. The van der Waals surface area contributed by atoms with Gasteiger partial charge in [-0.15, -0.1) is 0 Å². The fourth-order valence-electron chi connectivity index (χ4n) is 5.35. The molecule has 2 aliphatic carbocycles. The van der Waals surface area contributed by atoms with E-state index < -0.39 is 48.1 Å². The van der Waals surface area contributed by atoms with Crippen molar-refractivity contribution in [2.75, 3.05) is 20.8 Å². The number of carbonyl (C=O) groups excluding carboxylic acids is 4. The molecule has 2 bridgehead atoms. The summed E-state index contributed by atoms with van der Waals surface area (Å²) in [5, 5.41) is 17.1. The highest BCUT2D eigenvalue weighted by molar-refractivity contribution is 6.23. The van der Waals surface area contributed by atoms with E-state index in [9.17, 15) is 24.3 Å². The van der Waals surface area contributed by atoms with E-state index in [1.807, 2.05) is 13.8 Å². The van der Waals surface area contributed by atoms with Gasteiger partial charge in [0, 0.05) is 43.9 Å². The third-order valence-electron chi connectivity index (χ3n) is 8.06. The summed E-state index contributed by atoms with van der Waals surface area (Å²) in [6.07, 6.45) is 6.18. The minimum Gasteiger partial charge on any atom is -0.439 e. The Morgan fingerprint density at radius 3 is 2.44 bits per heavy atom. The molecule has 0 spiro atoms. The summed E-state index contributed by atoms with van der Waals surface area (Å²) >= 11 is 0. The van der Waals surface area contributed by atoms with Crippen molar-refractivity contribution in [2.45, 2.75) is 77.8 Å². The van der Waals surface area contributed by atoms with Crippen molar-refractivity contribution in [3.05, 3.63) is 58.5 Å². The number of ketones is 2. The molecular weight excluding hydrogens is 554 g/mol. The van der Waals surface area contributed by atoms with Gasteiger partial charge in [-0.1, -0.05) is 38.2 Å². The normalized spacial score (nSPS) is 33.0. The first-order valence-electron chi connectivity index (χ1n) is 14.7. The second-order valence-electron chi connectivity index (χ2n) is 11.8. The van der Waals surface area contributed by atoms with Crippen LogP contribution in [-0.4, -0.2) is 73.9 Å². The number of ether oxygens (including phenoxy) is 3. The number of methoxy groups -OCH3 is 2. The van der Waals surface area contributed by atoms with Gasteiger partial charge in [0.2, 0.25) is 11.6 Å². The topological polar surface area (TPSA) is 166 Å². The molecule has 236 valence electrons. The van der Waals surface area contributed by atoms with Gasteiger partial charge in [0.15, 0.2) is 6.10 Å². The molecule has 0 unspecified atom stereocenters. The van der Waals surface area contributed by atoms with Crippen LogP contribution in [0.1, 0.15) is 53.4 Å². The number of aliphatic hydroxyl groups excluding tert-OH is 1. The molecule has 1 aliphatic heterocycles. The number of rotatable bonds is 6. The maximum absolute atomic E-state index is 13.7. The fraction of sp³-hybridized carbons (Fsp3) is 0.562. The van der Waals surface area contributed by atoms with Crippen LogP contribution in [0.3, 0.4) is 0 Å². The third kappa shape index (κ3) is 9.22. The van der Waals surface area contributed by atoms with E-state index in [0.29, 0.717) is 30.0 Å². The van der Waals surface area contributed by atoms with Gasteiger partial charge >= 0.3 is 6.09 Å². The molecule has 0 radical (unpaired) electrons. The van der Waals surface area contributed by atoms with Crippen molar-refractivity contribution < 1.29 is 38.5 Å². The molecule has 1 saturated carbocycles. The molecule has 0 aromatic carbocycles. The largest absolute Gasteiger partial charge is 0.439 e. The Balaban J connectivity index is 2.04. The summed E-state index contributed by atoms with van der Waals surface area (Å²) in [6.45, 7) is 7.65. The molecule has 0 aromatic rings. The zero-order valence-electron chi connectivity index (χ0n) is 25.8. The molecule has 11 nitrogen and oxygen atoms in total. The molecule has 43 heavy (non-hydrogen) atoms. The monoisotopic (exact) mass is 599 g/mol. The lowest BCUT2D eigenvalue weighted by molar-refractivity contribution is -0.120. The second kappa shape index (κ2) is 15.3. The van der Waals surface area contributed by atoms with E-state index in [0.717, 1.165) is 12.8 Å². The van der Waals surface area contributed by atoms with Crippen molar-refractivity contribution in [1.82, 2.24) is 10.6 Å². The molecule has 6 atom stereocenters. The molecule has 5 N–H and O–H groups in total. The Morgan fingerprint density at radius 2 is 1.84 bits per heavy atom. The average Bonchev–Trinajstić information content (AvgIpc) is 3.78. The maximum atomic E-state index is 13.7. The molecule has 1 fully saturated rings. The number of hydrogen-bond donors (Lipinski definition) is 4. The van der Waals surface area contributed by atoms with Gasteiger partial charge in [-0.3, -0.25) is 14.4 Å². The maximum Gasteiger partial charge on any atom is 0.405 e. The molecular formula is C32H45N3O8. The molecule has 3 rings (SSSR count). The number of nitrogens with two attached hydrogens (primary N) is 1. The molecule has 0 aromatic heterocycles. The van der Waals surface area contributed by atoms with Crippen molar-refractivity contribution in [3.8, 4) is 0 Å². The first kappa shape index (κ1) is 34.0. The molecule has 2 amide bonds. The summed E-state index contributed by atoms with van der Waals surface area (Å²) in [5.41, 5.74) is 6.69. The fourth-order valence-corrected chi connectivity index (χ4v) is 5.35. The third-order valence-corrected chi connectivity index (χ3v) is 8.06. The molecule has 1 heterocycles. The van der Waals surface area contributed by atoms with E-state index in [2.05, 4.69) is 10.6 Å². The summed E-state index contributed by atoms with van der Waals surface area (Å²) < 4.78 is 16.6. The lowest BCUT2D eigenvalue weighted by Gasteiger charge is -2.30. The summed E-state index contributed by atoms with van der Waals surface area (Å²) in [7, 11) is 2.95. The smallest absolute Gasteiger partial charge is 0.405 e. The predicted octanol–water partition coefficient (Wildman–Crippen LogP) is 2.76. The number of allylic oxidation sites excluding steroid dienone is 4. The van der Waals surface area contributed by atoms with Crippen LogP contribution in [0.25, 0.3) is 0 Å². The SMILES string of the molecule is CO[C@H]1/C=C\C=C(\C)C(=O)NC2=CC(=O)C(NCC3CC3)=C(C[C@@H](C)C[C@H](OC)[C@H](O)[C@@H](C)/C=C(/C)[C@@H]1OC(N)=O)C2=O. The van der Waals surface area contributed by atoms with Gasteiger partial charge in [-0.25, -0.2) is 4.79 Å². The Bertz CT molecular complexity index is 1240. The van der Waals surface area contributed by atoms with Crippen LogP contribution in [-0.2, 0) is 28.6 Å². The zero-order chi connectivity index (χ0) is 31.8. The van der Waals surface area contributed by atoms with Gasteiger partial charge in [0.1, 0.15) is 6.10 Å². The summed E-state index contributed by atoms with van der Waals surface area (Å²) in [5.74, 6) is -1.47. The van der Waals surface area contributed by atoms with Crippen LogP contribution in [0.15, 0.2) is 58.5 Å². The van der Waals surface area contributed by atoms with Crippen LogP contribution in [0.4, 0.5) is 4.79 Å². The van der Waals surface area contributed by atoms with Crippen molar-refractivity contribution >= 4 is 23.6 Å². The predicted molar refractivity (Wildman–Crippen MR) is 160 cm³/mol. The van der Waals surface area contributed by atoms with Crippen molar-refractivity contribution in [2.24, 2.45) is 23.5 Å². The molecule has 3 aliphatic rings. The van der Waals surface area contributed by atoms with Crippen LogP contribution in [0, 0.1) is 17.8 Å². The van der Waals surface area contributed by atoms with Crippen LogP contribution < -0.4 is 16.4 Å².